The molecule has 2 aliphatic heterocycles. The van der Waals surface area contributed by atoms with E-state index in [2.05, 4.69) is 58.2 Å². The molecule has 4 rings (SSSR count). The number of thiophene rings is 1. The van der Waals surface area contributed by atoms with Crippen LogP contribution in [0.4, 0.5) is 0 Å². The van der Waals surface area contributed by atoms with Gasteiger partial charge in [0.2, 0.25) is 0 Å². The smallest absolute Gasteiger partial charge is 0.187 e. The van der Waals surface area contributed by atoms with Gasteiger partial charge in [-0.15, -0.1) is 11.3 Å². The van der Waals surface area contributed by atoms with E-state index in [1.165, 1.54) is 16.2 Å². The Balaban J connectivity index is 1.72. The molecule has 2 aromatic rings. The minimum absolute atomic E-state index is 0.0470. The molecule has 0 bridgehead atoms. The molecular formula is C17H17BrN2OS. The lowest BCUT2D eigenvalue weighted by atomic mass is 9.98. The van der Waals surface area contributed by atoms with Gasteiger partial charge in [-0.05, 0) is 34.1 Å². The summed E-state index contributed by atoms with van der Waals surface area (Å²) in [6.45, 7) is 2.19. The van der Waals surface area contributed by atoms with Crippen molar-refractivity contribution in [2.75, 3.05) is 0 Å². The number of hydrazone groups is 1. The first-order valence-corrected chi connectivity index (χ1v) is 9.24. The highest BCUT2D eigenvalue weighted by molar-refractivity contribution is 9.11. The maximum absolute atomic E-state index is 6.19. The molecule has 2 atom stereocenters. The van der Waals surface area contributed by atoms with Gasteiger partial charge in [0.05, 0.1) is 20.4 Å². The molecule has 2 aliphatic rings. The molecule has 5 heteroatoms. The van der Waals surface area contributed by atoms with Crippen LogP contribution in [0.15, 0.2) is 45.3 Å². The van der Waals surface area contributed by atoms with Crippen LogP contribution in [-0.4, -0.2) is 16.9 Å². The summed E-state index contributed by atoms with van der Waals surface area (Å²) >= 11 is 5.29. The summed E-state index contributed by atoms with van der Waals surface area (Å²) in [7, 11) is 0. The third-order valence-electron chi connectivity index (χ3n) is 4.17. The molecule has 0 spiro atoms. The minimum Gasteiger partial charge on any atom is -0.469 e. The second kappa shape index (κ2) is 5.70. The number of fused-ring (bicyclic) bond motifs is 3. The van der Waals surface area contributed by atoms with Crippen molar-refractivity contribution < 1.29 is 4.74 Å². The topological polar surface area (TPSA) is 24.8 Å². The van der Waals surface area contributed by atoms with Crippen LogP contribution in [0, 0.1) is 0 Å². The first-order valence-electron chi connectivity index (χ1n) is 7.63. The van der Waals surface area contributed by atoms with Crippen LogP contribution in [0.3, 0.4) is 0 Å². The molecule has 22 heavy (non-hydrogen) atoms. The summed E-state index contributed by atoms with van der Waals surface area (Å²) in [6, 6.07) is 12.9. The standard InChI is InChI=1S/C17H17BrN2OS/c1-2-5-17-20-13(11-6-3-4-7-14(11)21-17)10-12(19-20)15-8-9-16(18)22-15/h3-4,6-9,13,17H,2,5,10H2,1H3/t13-,17+/m1/s1. The second-order valence-electron chi connectivity index (χ2n) is 5.65. The predicted octanol–water partition coefficient (Wildman–Crippen LogP) is 5.18. The Labute approximate surface area is 142 Å². The molecule has 0 radical (unpaired) electrons. The molecule has 0 saturated heterocycles. The Morgan fingerprint density at radius 2 is 2.18 bits per heavy atom. The van der Waals surface area contributed by atoms with Gasteiger partial charge in [0, 0.05) is 18.4 Å². The van der Waals surface area contributed by atoms with Gasteiger partial charge < -0.3 is 4.74 Å². The normalized spacial score (nSPS) is 22.8. The summed E-state index contributed by atoms with van der Waals surface area (Å²) in [6.07, 6.45) is 3.08. The third-order valence-corrected chi connectivity index (χ3v) is 5.84. The first kappa shape index (κ1) is 14.3. The van der Waals surface area contributed by atoms with Gasteiger partial charge in [0.25, 0.3) is 0 Å². The molecular weight excluding hydrogens is 360 g/mol. The van der Waals surface area contributed by atoms with Crippen molar-refractivity contribution in [1.29, 1.82) is 0 Å². The molecule has 0 unspecified atom stereocenters. The van der Waals surface area contributed by atoms with Gasteiger partial charge in [0.1, 0.15) is 5.75 Å². The lowest BCUT2D eigenvalue weighted by Gasteiger charge is -2.38. The molecule has 3 heterocycles. The molecule has 0 amide bonds. The van der Waals surface area contributed by atoms with Crippen molar-refractivity contribution >= 4 is 33.0 Å². The zero-order chi connectivity index (χ0) is 15.1. The SMILES string of the molecule is CCC[C@@H]1Oc2ccccc2[C@H]2CC(c3ccc(Br)s3)=NN12. The molecule has 0 fully saturated rings. The largest absolute Gasteiger partial charge is 0.469 e. The molecule has 114 valence electrons. The number of halogens is 1. The van der Waals surface area contributed by atoms with Crippen molar-refractivity contribution in [1.82, 2.24) is 5.01 Å². The number of hydrogen-bond acceptors (Lipinski definition) is 4. The van der Waals surface area contributed by atoms with Crippen LogP contribution in [0.25, 0.3) is 0 Å². The van der Waals surface area contributed by atoms with E-state index < -0.39 is 0 Å². The van der Waals surface area contributed by atoms with Crippen molar-refractivity contribution in [2.24, 2.45) is 5.10 Å². The summed E-state index contributed by atoms with van der Waals surface area (Å²) in [5.41, 5.74) is 2.42. The zero-order valence-corrected chi connectivity index (χ0v) is 14.7. The van der Waals surface area contributed by atoms with Crippen molar-refractivity contribution in [3.63, 3.8) is 0 Å². The highest BCUT2D eigenvalue weighted by Crippen LogP contribution is 2.44. The van der Waals surface area contributed by atoms with Gasteiger partial charge in [-0.2, -0.15) is 5.10 Å². The van der Waals surface area contributed by atoms with Gasteiger partial charge in [0.15, 0.2) is 6.23 Å². The van der Waals surface area contributed by atoms with Gasteiger partial charge in [-0.3, -0.25) is 5.01 Å². The van der Waals surface area contributed by atoms with Gasteiger partial charge >= 0.3 is 0 Å². The van der Waals surface area contributed by atoms with E-state index in [9.17, 15) is 0 Å². The minimum atomic E-state index is 0.0470. The summed E-state index contributed by atoms with van der Waals surface area (Å²) < 4.78 is 7.34. The first-order chi connectivity index (χ1) is 10.8. The molecule has 0 saturated carbocycles. The third kappa shape index (κ3) is 2.36. The van der Waals surface area contributed by atoms with Crippen molar-refractivity contribution in [3.05, 3.63) is 50.6 Å². The Bertz CT molecular complexity index is 727. The summed E-state index contributed by atoms with van der Waals surface area (Å²) in [4.78, 5) is 1.24. The molecule has 3 nitrogen and oxygen atoms in total. The average Bonchev–Trinajstić information content (AvgIpc) is 3.14. The van der Waals surface area contributed by atoms with E-state index in [0.29, 0.717) is 6.04 Å². The van der Waals surface area contributed by atoms with E-state index in [4.69, 9.17) is 9.84 Å². The lowest BCUT2D eigenvalue weighted by Crippen LogP contribution is -2.40. The van der Waals surface area contributed by atoms with Crippen LogP contribution in [0.2, 0.25) is 0 Å². The Kier molecular flexibility index (Phi) is 3.70. The quantitative estimate of drug-likeness (QED) is 0.736. The van der Waals surface area contributed by atoms with Crippen LogP contribution in [0.1, 0.15) is 42.7 Å². The fourth-order valence-electron chi connectivity index (χ4n) is 3.17. The highest BCUT2D eigenvalue weighted by Gasteiger charge is 2.39. The number of para-hydroxylation sites is 1. The molecule has 0 aliphatic carbocycles. The maximum atomic E-state index is 6.19. The van der Waals surface area contributed by atoms with Gasteiger partial charge in [-0.25, -0.2) is 0 Å². The Morgan fingerprint density at radius 3 is 2.95 bits per heavy atom. The van der Waals surface area contributed by atoms with E-state index in [0.717, 1.165) is 28.8 Å². The number of rotatable bonds is 3. The fourth-order valence-corrected chi connectivity index (χ4v) is 4.54. The molecule has 0 N–H and O–H groups in total. The number of hydrogen-bond donors (Lipinski definition) is 0. The van der Waals surface area contributed by atoms with E-state index in [1.54, 1.807) is 11.3 Å². The number of nitrogens with zero attached hydrogens (tertiary/aromatic N) is 2. The zero-order valence-electron chi connectivity index (χ0n) is 12.3. The fraction of sp³-hybridized carbons (Fsp3) is 0.353. The van der Waals surface area contributed by atoms with Crippen LogP contribution < -0.4 is 4.74 Å². The van der Waals surface area contributed by atoms with Crippen LogP contribution in [-0.2, 0) is 0 Å². The van der Waals surface area contributed by atoms with Crippen LogP contribution >= 0.6 is 27.3 Å². The Hall–Kier alpha value is -1.33. The number of benzene rings is 1. The average molecular weight is 377 g/mol. The Morgan fingerprint density at radius 1 is 1.32 bits per heavy atom. The predicted molar refractivity (Wildman–Crippen MR) is 93.5 cm³/mol. The van der Waals surface area contributed by atoms with Crippen molar-refractivity contribution in [2.45, 2.75) is 38.5 Å². The monoisotopic (exact) mass is 376 g/mol. The second-order valence-corrected chi connectivity index (χ2v) is 8.11. The van der Waals surface area contributed by atoms with Crippen molar-refractivity contribution in [3.8, 4) is 5.75 Å². The summed E-state index contributed by atoms with van der Waals surface area (Å²) in [5.74, 6) is 1.02. The van der Waals surface area contributed by atoms with E-state index in [1.807, 2.05) is 6.07 Å². The highest BCUT2D eigenvalue weighted by atomic mass is 79.9. The molecule has 1 aromatic heterocycles. The summed E-state index contributed by atoms with van der Waals surface area (Å²) in [5, 5.41) is 7.08. The van der Waals surface area contributed by atoms with Gasteiger partial charge in [-0.1, -0.05) is 31.5 Å². The van der Waals surface area contributed by atoms with E-state index in [-0.39, 0.29) is 6.23 Å². The maximum Gasteiger partial charge on any atom is 0.187 e. The lowest BCUT2D eigenvalue weighted by molar-refractivity contribution is -0.0223. The van der Waals surface area contributed by atoms with Crippen LogP contribution in [0.5, 0.6) is 5.75 Å². The number of ether oxygens (including phenoxy) is 1. The molecule has 1 aromatic carbocycles. The van der Waals surface area contributed by atoms with E-state index >= 15 is 0 Å².